The summed E-state index contributed by atoms with van der Waals surface area (Å²) in [5.41, 5.74) is 1.79. The molecule has 1 saturated heterocycles. The fourth-order valence-corrected chi connectivity index (χ4v) is 5.20. The predicted octanol–water partition coefficient (Wildman–Crippen LogP) is 5.80. The van der Waals surface area contributed by atoms with Crippen LogP contribution in [0.15, 0.2) is 54.7 Å². The van der Waals surface area contributed by atoms with E-state index in [1.165, 1.54) is 28.0 Å². The van der Waals surface area contributed by atoms with Crippen LogP contribution >= 0.6 is 46.3 Å². The van der Waals surface area contributed by atoms with Crippen LogP contribution in [-0.2, 0) is 11.2 Å². The van der Waals surface area contributed by atoms with Gasteiger partial charge in [-0.3, -0.25) is 10.2 Å². The molecule has 8 heteroatoms. The fraction of sp³-hybridized carbons (Fsp3) is 0.105. The Kier molecular flexibility index (Phi) is 5.23. The average Bonchev–Trinajstić information content (AvgIpc) is 3.23. The number of thiazole rings is 1. The van der Waals surface area contributed by atoms with Gasteiger partial charge in [0.2, 0.25) is 0 Å². The highest BCUT2D eigenvalue weighted by atomic mass is 35.5. The van der Waals surface area contributed by atoms with Crippen LogP contribution in [0, 0.1) is 5.41 Å². The van der Waals surface area contributed by atoms with Gasteiger partial charge in [-0.05, 0) is 17.2 Å². The Hall–Kier alpha value is -1.86. The number of nitrogens with one attached hydrogen (secondary N) is 1. The minimum Gasteiger partial charge on any atom is -0.278 e. The van der Waals surface area contributed by atoms with Gasteiger partial charge in [0.05, 0.1) is 10.0 Å². The first kappa shape index (κ1) is 18.5. The quantitative estimate of drug-likeness (QED) is 0.565. The van der Waals surface area contributed by atoms with E-state index in [0.717, 1.165) is 16.0 Å². The summed E-state index contributed by atoms with van der Waals surface area (Å²) in [6.07, 6.45) is 2.29. The van der Waals surface area contributed by atoms with E-state index < -0.39 is 5.25 Å². The molecule has 27 heavy (non-hydrogen) atoms. The first-order valence-corrected chi connectivity index (χ1v) is 10.5. The van der Waals surface area contributed by atoms with Crippen molar-refractivity contribution in [2.75, 3.05) is 4.90 Å². The maximum absolute atomic E-state index is 12.9. The lowest BCUT2D eigenvalue weighted by molar-refractivity contribution is -0.117. The SMILES string of the molecule is N=C1SC(c2ccccc2)C(=O)N1c1ncc(Cc2cccc(Cl)c2Cl)s1. The number of thioether (sulfide) groups is 1. The van der Waals surface area contributed by atoms with E-state index in [4.69, 9.17) is 28.6 Å². The fourth-order valence-electron chi connectivity index (χ4n) is 2.81. The molecule has 0 saturated carbocycles. The van der Waals surface area contributed by atoms with Crippen LogP contribution in [0.1, 0.15) is 21.3 Å². The minimum atomic E-state index is -0.409. The van der Waals surface area contributed by atoms with Crippen LogP contribution in [0.25, 0.3) is 0 Å². The highest BCUT2D eigenvalue weighted by molar-refractivity contribution is 8.15. The Bertz CT molecular complexity index is 1020. The number of amides is 1. The summed E-state index contributed by atoms with van der Waals surface area (Å²) in [6.45, 7) is 0. The molecular formula is C19H13Cl2N3OS2. The van der Waals surface area contributed by atoms with Gasteiger partial charge in [-0.1, -0.05) is 77.4 Å². The number of hydrogen-bond acceptors (Lipinski definition) is 5. The maximum atomic E-state index is 12.9. The Balaban J connectivity index is 1.57. The van der Waals surface area contributed by atoms with Crippen LogP contribution in [0.4, 0.5) is 5.13 Å². The van der Waals surface area contributed by atoms with E-state index in [0.29, 0.717) is 21.6 Å². The zero-order valence-electron chi connectivity index (χ0n) is 13.9. The minimum absolute atomic E-state index is 0.141. The Labute approximate surface area is 174 Å². The molecule has 1 fully saturated rings. The second kappa shape index (κ2) is 7.64. The molecule has 0 aliphatic carbocycles. The number of hydrogen-bond donors (Lipinski definition) is 1. The summed E-state index contributed by atoms with van der Waals surface area (Å²) in [7, 11) is 0. The number of nitrogens with zero attached hydrogens (tertiary/aromatic N) is 2. The molecule has 136 valence electrons. The number of benzene rings is 2. The number of amidine groups is 1. The molecule has 0 radical (unpaired) electrons. The van der Waals surface area contributed by atoms with Crippen molar-refractivity contribution in [2.24, 2.45) is 0 Å². The van der Waals surface area contributed by atoms with Crippen molar-refractivity contribution >= 4 is 62.5 Å². The standard InChI is InChI=1S/C19H13Cl2N3OS2/c20-14-8-4-7-12(15(14)21)9-13-10-23-19(26-13)24-17(25)16(27-18(24)22)11-5-2-1-3-6-11/h1-8,10,16,22H,9H2. The molecule has 2 heterocycles. The molecule has 1 unspecified atom stereocenters. The molecule has 0 spiro atoms. The van der Waals surface area contributed by atoms with Crippen molar-refractivity contribution in [2.45, 2.75) is 11.7 Å². The lowest BCUT2D eigenvalue weighted by Gasteiger charge is -2.11. The number of halogens is 2. The molecule has 1 aromatic heterocycles. The monoisotopic (exact) mass is 433 g/mol. The van der Waals surface area contributed by atoms with Gasteiger partial charge in [0.15, 0.2) is 10.3 Å². The van der Waals surface area contributed by atoms with Crippen molar-refractivity contribution < 1.29 is 4.79 Å². The molecule has 1 amide bonds. The van der Waals surface area contributed by atoms with Crippen molar-refractivity contribution in [1.82, 2.24) is 4.98 Å². The second-order valence-corrected chi connectivity index (χ2v) is 8.86. The Morgan fingerprint density at radius 1 is 1.11 bits per heavy atom. The Morgan fingerprint density at radius 2 is 1.89 bits per heavy atom. The molecule has 0 bridgehead atoms. The van der Waals surface area contributed by atoms with E-state index in [1.54, 1.807) is 12.3 Å². The summed E-state index contributed by atoms with van der Waals surface area (Å²) in [5, 5.41) is 9.57. The molecule has 1 aliphatic heterocycles. The molecule has 1 N–H and O–H groups in total. The van der Waals surface area contributed by atoms with Gasteiger partial charge in [0.25, 0.3) is 5.91 Å². The number of rotatable bonds is 4. The molecule has 2 aromatic carbocycles. The van der Waals surface area contributed by atoms with Gasteiger partial charge in [0.1, 0.15) is 5.25 Å². The molecular weight excluding hydrogens is 421 g/mol. The first-order chi connectivity index (χ1) is 13.0. The highest BCUT2D eigenvalue weighted by Gasteiger charge is 2.40. The van der Waals surface area contributed by atoms with Gasteiger partial charge < -0.3 is 0 Å². The predicted molar refractivity (Wildman–Crippen MR) is 113 cm³/mol. The van der Waals surface area contributed by atoms with E-state index in [-0.39, 0.29) is 11.1 Å². The van der Waals surface area contributed by atoms with Crippen LogP contribution in [-0.4, -0.2) is 16.1 Å². The molecule has 3 aromatic rings. The lowest BCUT2D eigenvalue weighted by atomic mass is 10.1. The maximum Gasteiger partial charge on any atom is 0.253 e. The zero-order valence-corrected chi connectivity index (χ0v) is 17.0. The third kappa shape index (κ3) is 3.62. The third-order valence-corrected chi connectivity index (χ3v) is 7.06. The van der Waals surface area contributed by atoms with Gasteiger partial charge in [-0.15, -0.1) is 11.3 Å². The zero-order chi connectivity index (χ0) is 19.0. The summed E-state index contributed by atoms with van der Waals surface area (Å²) < 4.78 is 0. The largest absolute Gasteiger partial charge is 0.278 e. The number of carbonyl (C=O) groups excluding carboxylic acids is 1. The van der Waals surface area contributed by atoms with Gasteiger partial charge in [0, 0.05) is 17.5 Å². The molecule has 4 rings (SSSR count). The summed E-state index contributed by atoms with van der Waals surface area (Å²) in [5.74, 6) is -0.141. The molecule has 1 aliphatic rings. The van der Waals surface area contributed by atoms with Crippen LogP contribution in [0.3, 0.4) is 0 Å². The van der Waals surface area contributed by atoms with Crippen LogP contribution in [0.5, 0.6) is 0 Å². The van der Waals surface area contributed by atoms with E-state index in [1.807, 2.05) is 42.5 Å². The van der Waals surface area contributed by atoms with Gasteiger partial charge >= 0.3 is 0 Å². The third-order valence-electron chi connectivity index (χ3n) is 4.11. The van der Waals surface area contributed by atoms with E-state index in [9.17, 15) is 4.79 Å². The van der Waals surface area contributed by atoms with Crippen molar-refractivity contribution in [3.63, 3.8) is 0 Å². The van der Waals surface area contributed by atoms with Crippen molar-refractivity contribution in [3.8, 4) is 0 Å². The van der Waals surface area contributed by atoms with Crippen molar-refractivity contribution in [3.05, 3.63) is 80.8 Å². The topological polar surface area (TPSA) is 57.1 Å². The number of anilines is 1. The summed E-state index contributed by atoms with van der Waals surface area (Å²) >= 11 is 15.0. The van der Waals surface area contributed by atoms with E-state index in [2.05, 4.69) is 4.98 Å². The average molecular weight is 434 g/mol. The number of carbonyl (C=O) groups is 1. The van der Waals surface area contributed by atoms with Crippen molar-refractivity contribution in [1.29, 1.82) is 5.41 Å². The van der Waals surface area contributed by atoms with Crippen LogP contribution in [0.2, 0.25) is 10.0 Å². The lowest BCUT2D eigenvalue weighted by Crippen LogP contribution is -2.29. The second-order valence-electron chi connectivity index (χ2n) is 5.89. The molecule has 4 nitrogen and oxygen atoms in total. The van der Waals surface area contributed by atoms with Crippen LogP contribution < -0.4 is 4.90 Å². The summed E-state index contributed by atoms with van der Waals surface area (Å²) in [4.78, 5) is 19.6. The Morgan fingerprint density at radius 3 is 2.67 bits per heavy atom. The van der Waals surface area contributed by atoms with Gasteiger partial charge in [-0.25, -0.2) is 9.88 Å². The first-order valence-electron chi connectivity index (χ1n) is 8.06. The van der Waals surface area contributed by atoms with E-state index >= 15 is 0 Å². The summed E-state index contributed by atoms with van der Waals surface area (Å²) in [6, 6.07) is 15.0. The normalized spacial score (nSPS) is 17.0. The molecule has 1 atom stereocenters. The van der Waals surface area contributed by atoms with Gasteiger partial charge in [-0.2, -0.15) is 0 Å². The smallest absolute Gasteiger partial charge is 0.253 e. The highest BCUT2D eigenvalue weighted by Crippen LogP contribution is 2.42. The number of aromatic nitrogens is 1.